The molecular formula is C57H40. The standard InChI is InChI=1S/C57H40/c1-57(2)53-35-41(37-15-5-3-6-16-37)27-29-47(53)48-30-28-42(36-54(48)57)45-32-44(38-17-7-4-8-18-38)33-46(34-45)56-51-23-13-11-21-49(51)55(50-22-12-14-24-52(50)56)43-26-25-39-19-9-10-20-40(39)31-43/h3-36H,1-2H3. The zero-order valence-corrected chi connectivity index (χ0v) is 32.1. The first-order chi connectivity index (χ1) is 28.0. The minimum absolute atomic E-state index is 0.143. The molecule has 0 aromatic heterocycles. The first-order valence-corrected chi connectivity index (χ1v) is 20.0. The van der Waals surface area contributed by atoms with Crippen LogP contribution < -0.4 is 0 Å². The average molecular weight is 725 g/mol. The minimum atomic E-state index is -0.143. The molecule has 57 heavy (non-hydrogen) atoms. The Morgan fingerprint density at radius 2 is 0.667 bits per heavy atom. The Kier molecular flexibility index (Phi) is 7.63. The summed E-state index contributed by atoms with van der Waals surface area (Å²) in [6.07, 6.45) is 0. The van der Waals surface area contributed by atoms with E-state index >= 15 is 0 Å². The van der Waals surface area contributed by atoms with Gasteiger partial charge in [-0.2, -0.15) is 0 Å². The maximum Gasteiger partial charge on any atom is 0.0159 e. The Labute approximate surface area is 334 Å². The molecule has 0 amide bonds. The lowest BCUT2D eigenvalue weighted by atomic mass is 9.80. The molecule has 0 bridgehead atoms. The van der Waals surface area contributed by atoms with E-state index in [0.717, 1.165) is 0 Å². The molecule has 0 unspecified atom stereocenters. The van der Waals surface area contributed by atoms with Crippen LogP contribution in [0.5, 0.6) is 0 Å². The smallest absolute Gasteiger partial charge is 0.0159 e. The van der Waals surface area contributed by atoms with Crippen LogP contribution in [-0.4, -0.2) is 0 Å². The van der Waals surface area contributed by atoms with Crippen molar-refractivity contribution in [2.24, 2.45) is 0 Å². The predicted octanol–water partition coefficient (Wildman–Crippen LogP) is 15.8. The average Bonchev–Trinajstić information content (AvgIpc) is 3.50. The number of hydrogen-bond acceptors (Lipinski definition) is 0. The van der Waals surface area contributed by atoms with Crippen molar-refractivity contribution in [3.05, 3.63) is 217 Å². The highest BCUT2D eigenvalue weighted by atomic mass is 14.4. The summed E-state index contributed by atoms with van der Waals surface area (Å²) in [5.41, 5.74) is 17.7. The lowest BCUT2D eigenvalue weighted by Crippen LogP contribution is -2.15. The second-order valence-corrected chi connectivity index (χ2v) is 16.1. The first-order valence-electron chi connectivity index (χ1n) is 20.0. The number of hydrogen-bond donors (Lipinski definition) is 0. The molecule has 0 N–H and O–H groups in total. The second kappa shape index (κ2) is 13.0. The van der Waals surface area contributed by atoms with Gasteiger partial charge in [-0.15, -0.1) is 0 Å². The van der Waals surface area contributed by atoms with Crippen molar-refractivity contribution in [1.82, 2.24) is 0 Å². The van der Waals surface area contributed by atoms with Crippen LogP contribution in [0.25, 0.3) is 99.1 Å². The van der Waals surface area contributed by atoms with Crippen molar-refractivity contribution in [3.63, 3.8) is 0 Å². The second-order valence-electron chi connectivity index (χ2n) is 16.1. The van der Waals surface area contributed by atoms with Gasteiger partial charge < -0.3 is 0 Å². The van der Waals surface area contributed by atoms with Crippen LogP contribution in [-0.2, 0) is 5.41 Å². The van der Waals surface area contributed by atoms with Gasteiger partial charge in [0, 0.05) is 5.41 Å². The van der Waals surface area contributed by atoms with Crippen molar-refractivity contribution in [2.75, 3.05) is 0 Å². The molecule has 0 saturated heterocycles. The van der Waals surface area contributed by atoms with Crippen LogP contribution in [0.2, 0.25) is 0 Å². The van der Waals surface area contributed by atoms with Gasteiger partial charge in [-0.05, 0) is 147 Å². The Hall–Kier alpha value is -7.02. The van der Waals surface area contributed by atoms with Gasteiger partial charge in [0.25, 0.3) is 0 Å². The van der Waals surface area contributed by atoms with Crippen molar-refractivity contribution in [3.8, 4) is 66.8 Å². The van der Waals surface area contributed by atoms with Gasteiger partial charge in [-0.3, -0.25) is 0 Å². The van der Waals surface area contributed by atoms with E-state index in [1.165, 1.54) is 110 Å². The highest BCUT2D eigenvalue weighted by molar-refractivity contribution is 6.22. The summed E-state index contributed by atoms with van der Waals surface area (Å²) in [7, 11) is 0. The van der Waals surface area contributed by atoms with Crippen molar-refractivity contribution in [2.45, 2.75) is 19.3 Å². The van der Waals surface area contributed by atoms with Crippen LogP contribution in [0.1, 0.15) is 25.0 Å². The van der Waals surface area contributed by atoms with E-state index < -0.39 is 0 Å². The van der Waals surface area contributed by atoms with Gasteiger partial charge in [0.15, 0.2) is 0 Å². The van der Waals surface area contributed by atoms with Crippen molar-refractivity contribution >= 4 is 32.3 Å². The summed E-state index contributed by atoms with van der Waals surface area (Å²) in [5, 5.41) is 7.56. The van der Waals surface area contributed by atoms with Gasteiger partial charge in [0.05, 0.1) is 0 Å². The molecular weight excluding hydrogens is 685 g/mol. The molecule has 10 aromatic rings. The van der Waals surface area contributed by atoms with Gasteiger partial charge in [0.2, 0.25) is 0 Å². The molecule has 0 heteroatoms. The molecule has 0 nitrogen and oxygen atoms in total. The molecule has 0 radical (unpaired) electrons. The summed E-state index contributed by atoms with van der Waals surface area (Å²) >= 11 is 0. The van der Waals surface area contributed by atoms with E-state index in [2.05, 4.69) is 220 Å². The fourth-order valence-electron chi connectivity index (χ4n) is 9.56. The molecule has 0 spiro atoms. The van der Waals surface area contributed by atoms with Crippen LogP contribution in [0.4, 0.5) is 0 Å². The minimum Gasteiger partial charge on any atom is -0.0622 e. The third-order valence-corrected chi connectivity index (χ3v) is 12.4. The Bertz CT molecular complexity index is 3130. The third-order valence-electron chi connectivity index (χ3n) is 12.4. The highest BCUT2D eigenvalue weighted by Gasteiger charge is 2.36. The molecule has 11 rings (SSSR count). The Morgan fingerprint density at radius 1 is 0.263 bits per heavy atom. The van der Waals surface area contributed by atoms with Crippen LogP contribution in [0.15, 0.2) is 206 Å². The van der Waals surface area contributed by atoms with E-state index in [4.69, 9.17) is 0 Å². The molecule has 1 aliphatic carbocycles. The van der Waals surface area contributed by atoms with Gasteiger partial charge >= 0.3 is 0 Å². The monoisotopic (exact) mass is 724 g/mol. The summed E-state index contributed by atoms with van der Waals surface area (Å²) in [4.78, 5) is 0. The molecule has 268 valence electrons. The van der Waals surface area contributed by atoms with E-state index in [9.17, 15) is 0 Å². The first kappa shape index (κ1) is 33.3. The number of rotatable bonds is 5. The molecule has 1 aliphatic rings. The third kappa shape index (κ3) is 5.44. The molecule has 0 aliphatic heterocycles. The fraction of sp³-hybridized carbons (Fsp3) is 0.0526. The van der Waals surface area contributed by atoms with E-state index in [1.54, 1.807) is 0 Å². The summed E-state index contributed by atoms with van der Waals surface area (Å²) < 4.78 is 0. The predicted molar refractivity (Wildman–Crippen MR) is 244 cm³/mol. The molecule has 0 atom stereocenters. The molecule has 10 aromatic carbocycles. The fourth-order valence-corrected chi connectivity index (χ4v) is 9.56. The Balaban J connectivity index is 1.12. The number of fused-ring (bicyclic) bond motifs is 6. The topological polar surface area (TPSA) is 0 Å². The van der Waals surface area contributed by atoms with Crippen LogP contribution in [0.3, 0.4) is 0 Å². The zero-order valence-electron chi connectivity index (χ0n) is 32.1. The SMILES string of the molecule is CC1(C)c2cc(-c3ccccc3)ccc2-c2ccc(-c3cc(-c4ccccc4)cc(-c4c5ccccc5c(-c5ccc6ccccc6c5)c5ccccc45)c3)cc21. The molecule has 0 fully saturated rings. The van der Waals surface area contributed by atoms with Gasteiger partial charge in [-0.1, -0.05) is 184 Å². The quantitative estimate of drug-likeness (QED) is 0.155. The van der Waals surface area contributed by atoms with E-state index in [1.807, 2.05) is 0 Å². The maximum absolute atomic E-state index is 2.46. The van der Waals surface area contributed by atoms with E-state index in [0.29, 0.717) is 0 Å². The van der Waals surface area contributed by atoms with E-state index in [-0.39, 0.29) is 5.41 Å². The molecule has 0 saturated carbocycles. The largest absolute Gasteiger partial charge is 0.0622 e. The zero-order chi connectivity index (χ0) is 38.1. The van der Waals surface area contributed by atoms with Crippen LogP contribution >= 0.6 is 0 Å². The number of benzene rings is 10. The summed E-state index contributed by atoms with van der Waals surface area (Å²) in [6.45, 7) is 4.77. The summed E-state index contributed by atoms with van der Waals surface area (Å²) in [6, 6.07) is 76.5. The lowest BCUT2D eigenvalue weighted by Gasteiger charge is -2.23. The maximum atomic E-state index is 2.46. The normalized spacial score (nSPS) is 12.9. The summed E-state index contributed by atoms with van der Waals surface area (Å²) in [5.74, 6) is 0. The Morgan fingerprint density at radius 3 is 1.23 bits per heavy atom. The van der Waals surface area contributed by atoms with Crippen LogP contribution in [0, 0.1) is 0 Å². The van der Waals surface area contributed by atoms with Crippen molar-refractivity contribution < 1.29 is 0 Å². The van der Waals surface area contributed by atoms with Gasteiger partial charge in [-0.25, -0.2) is 0 Å². The van der Waals surface area contributed by atoms with Gasteiger partial charge in [0.1, 0.15) is 0 Å². The molecule has 0 heterocycles. The lowest BCUT2D eigenvalue weighted by molar-refractivity contribution is 0.661. The van der Waals surface area contributed by atoms with Crippen molar-refractivity contribution in [1.29, 1.82) is 0 Å². The highest BCUT2D eigenvalue weighted by Crippen LogP contribution is 2.51.